The first-order chi connectivity index (χ1) is 13.7. The normalized spacial score (nSPS) is 11.3. The van der Waals surface area contributed by atoms with Crippen LogP contribution in [-0.4, -0.2) is 20.6 Å². The number of aromatic carboxylic acids is 1. The summed E-state index contributed by atoms with van der Waals surface area (Å²) in [5.41, 5.74) is 5.86. The highest BCUT2D eigenvalue weighted by atomic mass is 16.4. The van der Waals surface area contributed by atoms with Crippen LogP contribution in [0.25, 0.3) is 32.9 Å². The molecule has 0 unspecified atom stereocenters. The molecule has 0 aliphatic carbocycles. The van der Waals surface area contributed by atoms with Crippen molar-refractivity contribution in [2.24, 2.45) is 0 Å². The van der Waals surface area contributed by atoms with Gasteiger partial charge < -0.3 is 14.7 Å². The molecule has 136 valence electrons. The highest BCUT2D eigenvalue weighted by Gasteiger charge is 2.08. The van der Waals surface area contributed by atoms with Gasteiger partial charge in [-0.3, -0.25) is 0 Å². The van der Waals surface area contributed by atoms with Crippen LogP contribution < -0.4 is 0 Å². The van der Waals surface area contributed by atoms with E-state index < -0.39 is 5.97 Å². The van der Waals surface area contributed by atoms with Crippen LogP contribution in [0.3, 0.4) is 0 Å². The molecule has 2 N–H and O–H groups in total. The Morgan fingerprint density at radius 2 is 1.71 bits per heavy atom. The Balaban J connectivity index is 1.54. The van der Waals surface area contributed by atoms with Crippen molar-refractivity contribution in [3.63, 3.8) is 0 Å². The van der Waals surface area contributed by atoms with E-state index in [2.05, 4.69) is 64.3 Å². The predicted octanol–water partition coefficient (Wildman–Crippen LogP) is 5.54. The molecule has 0 saturated carbocycles. The molecule has 0 amide bonds. The SMILES string of the molecule is O=C(O)c1cccc(Cn2ccc3ccc(-c4ccc5cc[nH]c5c4)cc32)c1. The van der Waals surface area contributed by atoms with Crippen LogP contribution >= 0.6 is 0 Å². The first-order valence-corrected chi connectivity index (χ1v) is 9.16. The van der Waals surface area contributed by atoms with Crippen molar-refractivity contribution in [2.45, 2.75) is 6.54 Å². The fourth-order valence-corrected chi connectivity index (χ4v) is 3.73. The number of H-pyrrole nitrogens is 1. The fourth-order valence-electron chi connectivity index (χ4n) is 3.73. The summed E-state index contributed by atoms with van der Waals surface area (Å²) in [7, 11) is 0. The molecule has 28 heavy (non-hydrogen) atoms. The van der Waals surface area contributed by atoms with E-state index in [9.17, 15) is 9.90 Å². The molecule has 4 heteroatoms. The van der Waals surface area contributed by atoms with Gasteiger partial charge in [0.2, 0.25) is 0 Å². The number of rotatable bonds is 4. The number of nitrogens with zero attached hydrogens (tertiary/aromatic N) is 1. The Morgan fingerprint density at radius 3 is 2.57 bits per heavy atom. The molecule has 4 nitrogen and oxygen atoms in total. The number of nitrogens with one attached hydrogen (secondary N) is 1. The summed E-state index contributed by atoms with van der Waals surface area (Å²) in [6.07, 6.45) is 4.00. The number of aromatic nitrogens is 2. The van der Waals surface area contributed by atoms with Gasteiger partial charge in [-0.15, -0.1) is 0 Å². The molecule has 0 aliphatic heterocycles. The number of carbonyl (C=O) groups is 1. The number of benzene rings is 3. The standard InChI is InChI=1S/C24H18N2O2/c27-24(28)21-3-1-2-16(12-21)15-26-11-9-18-5-7-20(14-23(18)26)19-6-4-17-8-10-25-22(17)13-19/h1-14,25H,15H2,(H,27,28). The fraction of sp³-hybridized carbons (Fsp3) is 0.0417. The molecule has 0 fully saturated rings. The maximum Gasteiger partial charge on any atom is 0.335 e. The van der Waals surface area contributed by atoms with Gasteiger partial charge in [0.25, 0.3) is 0 Å². The minimum Gasteiger partial charge on any atom is -0.478 e. The van der Waals surface area contributed by atoms with Crippen LogP contribution in [0.4, 0.5) is 0 Å². The molecule has 3 aromatic carbocycles. The Hall–Kier alpha value is -3.79. The first-order valence-electron chi connectivity index (χ1n) is 9.16. The van der Waals surface area contributed by atoms with Gasteiger partial charge in [-0.2, -0.15) is 0 Å². The van der Waals surface area contributed by atoms with E-state index in [1.807, 2.05) is 12.3 Å². The molecule has 0 saturated heterocycles. The number of carboxylic acids is 1. The van der Waals surface area contributed by atoms with Gasteiger partial charge in [0.1, 0.15) is 0 Å². The highest BCUT2D eigenvalue weighted by Crippen LogP contribution is 2.28. The zero-order chi connectivity index (χ0) is 19.1. The molecule has 0 spiro atoms. The van der Waals surface area contributed by atoms with Gasteiger partial charge in [0.05, 0.1) is 5.56 Å². The van der Waals surface area contributed by atoms with Crippen LogP contribution in [0, 0.1) is 0 Å². The zero-order valence-electron chi connectivity index (χ0n) is 15.1. The molecular weight excluding hydrogens is 348 g/mol. The largest absolute Gasteiger partial charge is 0.478 e. The van der Waals surface area contributed by atoms with Gasteiger partial charge in [0, 0.05) is 30.0 Å². The minimum absolute atomic E-state index is 0.314. The summed E-state index contributed by atoms with van der Waals surface area (Å²) in [5, 5.41) is 11.6. The van der Waals surface area contributed by atoms with Crippen molar-refractivity contribution < 1.29 is 9.90 Å². The Morgan fingerprint density at radius 1 is 0.893 bits per heavy atom. The van der Waals surface area contributed by atoms with Gasteiger partial charge in [-0.25, -0.2) is 4.79 Å². The lowest BCUT2D eigenvalue weighted by molar-refractivity contribution is 0.0696. The highest BCUT2D eigenvalue weighted by molar-refractivity contribution is 5.89. The molecule has 5 rings (SSSR count). The third kappa shape index (κ3) is 2.85. The van der Waals surface area contributed by atoms with E-state index in [0.717, 1.165) is 27.7 Å². The number of hydrogen-bond donors (Lipinski definition) is 2. The molecular formula is C24H18N2O2. The molecule has 0 aliphatic rings. The average Bonchev–Trinajstić information content (AvgIpc) is 3.34. The van der Waals surface area contributed by atoms with Crippen molar-refractivity contribution in [1.82, 2.24) is 9.55 Å². The lowest BCUT2D eigenvalue weighted by Gasteiger charge is -2.09. The maximum atomic E-state index is 11.2. The average molecular weight is 366 g/mol. The Kier molecular flexibility index (Phi) is 3.76. The number of aromatic amines is 1. The van der Waals surface area contributed by atoms with E-state index in [-0.39, 0.29) is 0 Å². The van der Waals surface area contributed by atoms with Crippen LogP contribution in [0.5, 0.6) is 0 Å². The number of hydrogen-bond acceptors (Lipinski definition) is 1. The third-order valence-corrected chi connectivity index (χ3v) is 5.19. The second-order valence-corrected chi connectivity index (χ2v) is 7.00. The summed E-state index contributed by atoms with van der Waals surface area (Å²) in [4.78, 5) is 14.5. The minimum atomic E-state index is -0.902. The third-order valence-electron chi connectivity index (χ3n) is 5.19. The lowest BCUT2D eigenvalue weighted by atomic mass is 10.0. The zero-order valence-corrected chi connectivity index (χ0v) is 15.1. The second-order valence-electron chi connectivity index (χ2n) is 7.00. The molecule has 2 aromatic heterocycles. The molecule has 0 atom stereocenters. The maximum absolute atomic E-state index is 11.2. The summed E-state index contributed by atoms with van der Waals surface area (Å²) >= 11 is 0. The van der Waals surface area contributed by atoms with E-state index in [0.29, 0.717) is 12.1 Å². The van der Waals surface area contributed by atoms with Gasteiger partial charge >= 0.3 is 5.97 Å². The van der Waals surface area contributed by atoms with E-state index in [4.69, 9.17) is 0 Å². The van der Waals surface area contributed by atoms with Crippen LogP contribution in [0.1, 0.15) is 15.9 Å². The molecule has 0 bridgehead atoms. The lowest BCUT2D eigenvalue weighted by Crippen LogP contribution is -2.01. The van der Waals surface area contributed by atoms with Gasteiger partial charge in [0.15, 0.2) is 0 Å². The molecule has 2 heterocycles. The Bertz CT molecular complexity index is 1330. The summed E-state index contributed by atoms with van der Waals surface area (Å²) in [6, 6.07) is 24.2. The molecule has 0 radical (unpaired) electrons. The Labute approximate surface area is 161 Å². The van der Waals surface area contributed by atoms with Crippen LogP contribution in [-0.2, 0) is 6.54 Å². The second kappa shape index (κ2) is 6.43. The van der Waals surface area contributed by atoms with Gasteiger partial charge in [-0.05, 0) is 63.9 Å². The van der Waals surface area contributed by atoms with Crippen molar-refractivity contribution in [3.8, 4) is 11.1 Å². The van der Waals surface area contributed by atoms with E-state index >= 15 is 0 Å². The van der Waals surface area contributed by atoms with Crippen LogP contribution in [0.2, 0.25) is 0 Å². The number of fused-ring (bicyclic) bond motifs is 2. The van der Waals surface area contributed by atoms with Crippen molar-refractivity contribution >= 4 is 27.8 Å². The monoisotopic (exact) mass is 366 g/mol. The van der Waals surface area contributed by atoms with E-state index in [1.165, 1.54) is 10.8 Å². The summed E-state index contributed by atoms with van der Waals surface area (Å²) < 4.78 is 2.16. The van der Waals surface area contributed by atoms with Gasteiger partial charge in [-0.1, -0.05) is 36.4 Å². The van der Waals surface area contributed by atoms with E-state index in [1.54, 1.807) is 18.2 Å². The molecule has 5 aromatic rings. The van der Waals surface area contributed by atoms with Crippen molar-refractivity contribution in [1.29, 1.82) is 0 Å². The summed E-state index contributed by atoms with van der Waals surface area (Å²) in [6.45, 7) is 0.629. The van der Waals surface area contributed by atoms with Crippen molar-refractivity contribution in [3.05, 3.63) is 96.3 Å². The van der Waals surface area contributed by atoms with Crippen molar-refractivity contribution in [2.75, 3.05) is 0 Å². The summed E-state index contributed by atoms with van der Waals surface area (Å²) in [5.74, 6) is -0.902. The predicted molar refractivity (Wildman–Crippen MR) is 112 cm³/mol. The smallest absolute Gasteiger partial charge is 0.335 e. The topological polar surface area (TPSA) is 58.0 Å². The number of carboxylic acid groups (broad SMARTS) is 1. The quantitative estimate of drug-likeness (QED) is 0.439. The first kappa shape index (κ1) is 16.4. The van der Waals surface area contributed by atoms with Crippen LogP contribution in [0.15, 0.2) is 85.2 Å².